The number of fused-ring (bicyclic) bond motifs is 3. The minimum Gasteiger partial charge on any atom is -0.465 e. The van der Waals surface area contributed by atoms with Gasteiger partial charge in [-0.25, -0.2) is 13.9 Å². The molecule has 6 heteroatoms. The second-order valence-corrected chi connectivity index (χ2v) is 6.62. The van der Waals surface area contributed by atoms with Gasteiger partial charge in [0.25, 0.3) is 0 Å². The van der Waals surface area contributed by atoms with Gasteiger partial charge in [0.05, 0.1) is 11.4 Å². The third-order valence-corrected chi connectivity index (χ3v) is 4.86. The summed E-state index contributed by atoms with van der Waals surface area (Å²) in [5.41, 5.74) is 4.57. The van der Waals surface area contributed by atoms with Crippen molar-refractivity contribution in [1.82, 2.24) is 9.78 Å². The molecule has 1 aromatic heterocycles. The van der Waals surface area contributed by atoms with Crippen molar-refractivity contribution in [3.63, 3.8) is 0 Å². The van der Waals surface area contributed by atoms with E-state index in [4.69, 9.17) is 5.10 Å². The van der Waals surface area contributed by atoms with Crippen LogP contribution in [0.25, 0.3) is 16.8 Å². The fraction of sp³-hybridized carbons (Fsp3) is 0.238. The molecule has 2 aromatic carbocycles. The van der Waals surface area contributed by atoms with Crippen LogP contribution in [-0.4, -0.2) is 27.5 Å². The molecule has 0 fully saturated rings. The van der Waals surface area contributed by atoms with E-state index in [0.29, 0.717) is 24.5 Å². The first-order valence-electron chi connectivity index (χ1n) is 9.06. The molecule has 0 saturated heterocycles. The second-order valence-electron chi connectivity index (χ2n) is 6.62. The molecule has 1 aliphatic carbocycles. The first kappa shape index (κ1) is 17.3. The number of halogens is 1. The molecule has 0 bridgehead atoms. The van der Waals surface area contributed by atoms with Gasteiger partial charge in [-0.15, -0.1) is 0 Å². The monoisotopic (exact) mass is 365 g/mol. The van der Waals surface area contributed by atoms with Crippen molar-refractivity contribution in [2.75, 3.05) is 11.4 Å². The zero-order chi connectivity index (χ0) is 19.0. The first-order chi connectivity index (χ1) is 13.1. The Kier molecular flexibility index (Phi) is 4.39. The van der Waals surface area contributed by atoms with Crippen LogP contribution in [0, 0.1) is 5.82 Å². The van der Waals surface area contributed by atoms with Crippen LogP contribution in [-0.2, 0) is 12.8 Å². The van der Waals surface area contributed by atoms with Crippen LogP contribution < -0.4 is 4.90 Å². The minimum absolute atomic E-state index is 0.341. The molecule has 1 amide bonds. The van der Waals surface area contributed by atoms with Crippen LogP contribution in [0.3, 0.4) is 0 Å². The van der Waals surface area contributed by atoms with Gasteiger partial charge in [0.2, 0.25) is 0 Å². The Balaban J connectivity index is 1.99. The van der Waals surface area contributed by atoms with Gasteiger partial charge in [0.15, 0.2) is 0 Å². The SMILES string of the molecule is CCCN(C(=O)O)c1c2c(nn1-c1ccc(F)cc1)CCc1ccccc1-2. The number of carbonyl (C=O) groups is 1. The largest absolute Gasteiger partial charge is 0.465 e. The lowest BCUT2D eigenvalue weighted by Crippen LogP contribution is -2.32. The quantitative estimate of drug-likeness (QED) is 0.731. The van der Waals surface area contributed by atoms with Gasteiger partial charge in [-0.2, -0.15) is 5.10 Å². The summed E-state index contributed by atoms with van der Waals surface area (Å²) in [5, 5.41) is 14.6. The summed E-state index contributed by atoms with van der Waals surface area (Å²) < 4.78 is 15.0. The Labute approximate surface area is 156 Å². The number of aromatic nitrogens is 2. The average molecular weight is 365 g/mol. The molecule has 1 heterocycles. The van der Waals surface area contributed by atoms with Crippen molar-refractivity contribution < 1.29 is 14.3 Å². The van der Waals surface area contributed by atoms with Gasteiger partial charge < -0.3 is 5.11 Å². The Morgan fingerprint density at radius 1 is 1.19 bits per heavy atom. The van der Waals surface area contributed by atoms with E-state index >= 15 is 0 Å². The molecule has 0 spiro atoms. The third kappa shape index (κ3) is 2.97. The van der Waals surface area contributed by atoms with Crippen molar-refractivity contribution in [1.29, 1.82) is 0 Å². The molecule has 138 valence electrons. The van der Waals surface area contributed by atoms with E-state index in [2.05, 4.69) is 6.07 Å². The average Bonchev–Trinajstić information content (AvgIpc) is 3.06. The molecule has 4 rings (SSSR count). The fourth-order valence-electron chi connectivity index (χ4n) is 3.67. The molecule has 27 heavy (non-hydrogen) atoms. The standard InChI is InChI=1S/C21H20FN3O2/c1-2-13-24(21(26)27)20-19-17-6-4-3-5-14(17)7-12-18(19)23-25(20)16-10-8-15(22)9-11-16/h3-6,8-11H,2,7,12-13H2,1H3,(H,26,27). The predicted octanol–water partition coefficient (Wildman–Crippen LogP) is 4.67. The normalized spacial score (nSPS) is 12.4. The molecule has 3 aromatic rings. The summed E-state index contributed by atoms with van der Waals surface area (Å²) in [6.45, 7) is 2.30. The molecule has 0 saturated carbocycles. The molecule has 1 aliphatic rings. The van der Waals surface area contributed by atoms with Crippen LogP contribution in [0.5, 0.6) is 0 Å². The second kappa shape index (κ2) is 6.87. The van der Waals surface area contributed by atoms with Gasteiger partial charge >= 0.3 is 6.09 Å². The number of amides is 1. The van der Waals surface area contributed by atoms with E-state index in [1.54, 1.807) is 16.8 Å². The van der Waals surface area contributed by atoms with Gasteiger partial charge in [-0.1, -0.05) is 31.2 Å². The first-order valence-corrected chi connectivity index (χ1v) is 9.06. The molecule has 0 atom stereocenters. The fourth-order valence-corrected chi connectivity index (χ4v) is 3.67. The number of rotatable bonds is 4. The highest BCUT2D eigenvalue weighted by Crippen LogP contribution is 2.41. The van der Waals surface area contributed by atoms with Gasteiger partial charge in [0, 0.05) is 12.1 Å². The minimum atomic E-state index is -1.02. The summed E-state index contributed by atoms with van der Waals surface area (Å²) in [6.07, 6.45) is 1.26. The van der Waals surface area contributed by atoms with E-state index in [1.807, 2.05) is 25.1 Å². The predicted molar refractivity (Wildman–Crippen MR) is 102 cm³/mol. The van der Waals surface area contributed by atoms with E-state index in [0.717, 1.165) is 29.7 Å². The summed E-state index contributed by atoms with van der Waals surface area (Å²) in [6, 6.07) is 14.0. The topological polar surface area (TPSA) is 58.4 Å². The molecule has 0 radical (unpaired) electrons. The maximum Gasteiger partial charge on any atom is 0.413 e. The van der Waals surface area contributed by atoms with E-state index in [-0.39, 0.29) is 5.82 Å². The Morgan fingerprint density at radius 3 is 2.63 bits per heavy atom. The lowest BCUT2D eigenvalue weighted by molar-refractivity contribution is 0.201. The Bertz CT molecular complexity index is 995. The van der Waals surface area contributed by atoms with Crippen LogP contribution in [0.4, 0.5) is 15.0 Å². The van der Waals surface area contributed by atoms with Crippen molar-refractivity contribution in [2.24, 2.45) is 0 Å². The Morgan fingerprint density at radius 2 is 1.93 bits per heavy atom. The van der Waals surface area contributed by atoms with Crippen LogP contribution in [0.15, 0.2) is 48.5 Å². The zero-order valence-electron chi connectivity index (χ0n) is 15.0. The zero-order valence-corrected chi connectivity index (χ0v) is 15.0. The van der Waals surface area contributed by atoms with Crippen molar-refractivity contribution in [3.05, 3.63) is 65.6 Å². The number of benzene rings is 2. The summed E-state index contributed by atoms with van der Waals surface area (Å²) in [4.78, 5) is 13.4. The number of hydrogen-bond acceptors (Lipinski definition) is 2. The summed E-state index contributed by atoms with van der Waals surface area (Å²) in [5.74, 6) is 0.185. The number of carboxylic acid groups (broad SMARTS) is 1. The summed E-state index contributed by atoms with van der Waals surface area (Å²) in [7, 11) is 0. The number of nitrogens with zero attached hydrogens (tertiary/aromatic N) is 3. The number of hydrogen-bond donors (Lipinski definition) is 1. The highest BCUT2D eigenvalue weighted by atomic mass is 19.1. The van der Waals surface area contributed by atoms with E-state index in [9.17, 15) is 14.3 Å². The highest BCUT2D eigenvalue weighted by Gasteiger charge is 2.30. The van der Waals surface area contributed by atoms with Crippen LogP contribution in [0.1, 0.15) is 24.6 Å². The lowest BCUT2D eigenvalue weighted by Gasteiger charge is -2.23. The molecule has 0 unspecified atom stereocenters. The number of anilines is 1. The van der Waals surface area contributed by atoms with Gasteiger partial charge in [-0.05, 0) is 54.7 Å². The molecule has 5 nitrogen and oxygen atoms in total. The van der Waals surface area contributed by atoms with Gasteiger partial charge in [-0.3, -0.25) is 4.90 Å². The van der Waals surface area contributed by atoms with Crippen LogP contribution in [0.2, 0.25) is 0 Å². The molecular formula is C21H20FN3O2. The van der Waals surface area contributed by atoms with E-state index in [1.165, 1.54) is 22.6 Å². The third-order valence-electron chi connectivity index (χ3n) is 4.86. The molecular weight excluding hydrogens is 345 g/mol. The Hall–Kier alpha value is -3.15. The van der Waals surface area contributed by atoms with E-state index < -0.39 is 6.09 Å². The van der Waals surface area contributed by atoms with Crippen LogP contribution >= 0.6 is 0 Å². The van der Waals surface area contributed by atoms with Crippen molar-refractivity contribution in [2.45, 2.75) is 26.2 Å². The maximum absolute atomic E-state index is 13.4. The summed E-state index contributed by atoms with van der Waals surface area (Å²) >= 11 is 0. The van der Waals surface area contributed by atoms with Crippen molar-refractivity contribution in [3.8, 4) is 16.8 Å². The lowest BCUT2D eigenvalue weighted by atomic mass is 9.89. The highest BCUT2D eigenvalue weighted by molar-refractivity contribution is 5.94. The number of aryl methyl sites for hydroxylation is 2. The van der Waals surface area contributed by atoms with Crippen molar-refractivity contribution >= 4 is 11.9 Å². The smallest absolute Gasteiger partial charge is 0.413 e. The van der Waals surface area contributed by atoms with Gasteiger partial charge in [0.1, 0.15) is 11.6 Å². The maximum atomic E-state index is 13.4. The molecule has 0 aliphatic heterocycles. The molecule has 1 N–H and O–H groups in total.